The molecule has 1 atom stereocenters. The van der Waals surface area contributed by atoms with Crippen molar-refractivity contribution >= 4 is 34.3 Å². The lowest BCUT2D eigenvalue weighted by Gasteiger charge is -2.23. The summed E-state index contributed by atoms with van der Waals surface area (Å²) in [6.45, 7) is 0.448. The average molecular weight is 382 g/mol. The maximum Gasteiger partial charge on any atom is 0.349 e. The molecule has 1 saturated heterocycles. The quantitative estimate of drug-likeness (QED) is 0.390. The molecule has 0 aliphatic carbocycles. The van der Waals surface area contributed by atoms with E-state index in [0.29, 0.717) is 28.8 Å². The van der Waals surface area contributed by atoms with Crippen LogP contribution in [0, 0.1) is 10.1 Å². The average Bonchev–Trinajstić information content (AvgIpc) is 3.17. The van der Waals surface area contributed by atoms with Crippen molar-refractivity contribution in [1.82, 2.24) is 4.90 Å². The molecule has 0 spiro atoms. The third-order valence-corrected chi connectivity index (χ3v) is 5.65. The summed E-state index contributed by atoms with van der Waals surface area (Å²) in [4.78, 5) is 37.5. The molecule has 1 aromatic heterocycles. The smallest absolute Gasteiger partial charge is 0.349 e. The predicted molar refractivity (Wildman–Crippen MR) is 102 cm³/mol. The van der Waals surface area contributed by atoms with Crippen molar-refractivity contribution in [3.05, 3.63) is 86.3 Å². The number of carbonyl (C=O) groups excluding carboxylic acids is 1. The molecule has 8 heteroatoms. The minimum atomic E-state index is -0.687. The normalized spacial score (nSPS) is 16.6. The lowest BCUT2D eigenvalue weighted by atomic mass is 10.1. The number of thioether (sulfide) groups is 1. The van der Waals surface area contributed by atoms with Crippen LogP contribution < -0.4 is 5.63 Å². The summed E-state index contributed by atoms with van der Waals surface area (Å²) < 4.78 is 5.27. The van der Waals surface area contributed by atoms with E-state index in [0.717, 1.165) is 0 Å². The lowest BCUT2D eigenvalue weighted by Crippen LogP contribution is -2.33. The Morgan fingerprint density at radius 2 is 2.00 bits per heavy atom. The van der Waals surface area contributed by atoms with E-state index < -0.39 is 16.5 Å². The van der Waals surface area contributed by atoms with Crippen LogP contribution in [0.25, 0.3) is 11.0 Å². The molecule has 2 aromatic carbocycles. The van der Waals surface area contributed by atoms with Crippen LogP contribution in [0.3, 0.4) is 0 Å². The summed E-state index contributed by atoms with van der Waals surface area (Å²) in [6.07, 6.45) is 0. The minimum absolute atomic E-state index is 0.0300. The number of rotatable bonds is 3. The summed E-state index contributed by atoms with van der Waals surface area (Å²) in [5.74, 6) is 0.244. The molecule has 1 amide bonds. The molecule has 4 rings (SSSR count). The number of benzene rings is 2. The predicted octanol–water partition coefficient (Wildman–Crippen LogP) is 3.59. The van der Waals surface area contributed by atoms with Crippen LogP contribution in [0.2, 0.25) is 0 Å². The topological polar surface area (TPSA) is 93.7 Å². The van der Waals surface area contributed by atoms with E-state index in [1.54, 1.807) is 41.3 Å². The van der Waals surface area contributed by atoms with Gasteiger partial charge >= 0.3 is 5.63 Å². The summed E-state index contributed by atoms with van der Waals surface area (Å²) in [6, 6.07) is 14.7. The number of carbonyl (C=O) groups is 1. The van der Waals surface area contributed by atoms with Crippen molar-refractivity contribution in [2.24, 2.45) is 0 Å². The first-order chi connectivity index (χ1) is 13.0. The summed E-state index contributed by atoms with van der Waals surface area (Å²) >= 11 is 1.51. The van der Waals surface area contributed by atoms with E-state index in [2.05, 4.69) is 0 Å². The SMILES string of the molecule is O=C(c1cc2ccccc2oc1=O)N1CCS[C@@H]1c1cccc([N+](=O)[O-])c1. The van der Waals surface area contributed by atoms with Crippen LogP contribution in [0.15, 0.2) is 63.8 Å². The third-order valence-electron chi connectivity index (χ3n) is 4.39. The van der Waals surface area contributed by atoms with Gasteiger partial charge in [0.05, 0.1) is 4.92 Å². The number of nitro benzene ring substituents is 1. The molecule has 3 aromatic rings. The molecular weight excluding hydrogens is 368 g/mol. The van der Waals surface area contributed by atoms with Crippen LogP contribution in [-0.4, -0.2) is 28.0 Å². The van der Waals surface area contributed by atoms with Gasteiger partial charge in [-0.2, -0.15) is 0 Å². The third kappa shape index (κ3) is 3.19. The second kappa shape index (κ2) is 6.88. The van der Waals surface area contributed by atoms with E-state index >= 15 is 0 Å². The number of hydrogen-bond donors (Lipinski definition) is 0. The van der Waals surface area contributed by atoms with Crippen molar-refractivity contribution in [1.29, 1.82) is 0 Å². The van der Waals surface area contributed by atoms with E-state index in [4.69, 9.17) is 4.42 Å². The zero-order chi connectivity index (χ0) is 19.0. The van der Waals surface area contributed by atoms with E-state index in [1.807, 2.05) is 0 Å². The Balaban J connectivity index is 1.71. The van der Waals surface area contributed by atoms with Gasteiger partial charge in [0, 0.05) is 29.8 Å². The van der Waals surface area contributed by atoms with Gasteiger partial charge in [-0.1, -0.05) is 30.3 Å². The molecule has 2 heterocycles. The first-order valence-electron chi connectivity index (χ1n) is 8.24. The Kier molecular flexibility index (Phi) is 4.41. The summed E-state index contributed by atoms with van der Waals surface area (Å²) in [5, 5.41) is 11.3. The fourth-order valence-electron chi connectivity index (χ4n) is 3.11. The van der Waals surface area contributed by atoms with E-state index in [9.17, 15) is 19.7 Å². The minimum Gasteiger partial charge on any atom is -0.422 e. The molecular formula is C19H14N2O5S. The monoisotopic (exact) mass is 382 g/mol. The number of nitro groups is 1. The van der Waals surface area contributed by atoms with Gasteiger partial charge in [0.2, 0.25) is 0 Å². The van der Waals surface area contributed by atoms with Crippen molar-refractivity contribution in [3.8, 4) is 0 Å². The van der Waals surface area contributed by atoms with Crippen LogP contribution in [0.5, 0.6) is 0 Å². The number of amides is 1. The molecule has 1 aliphatic rings. The highest BCUT2D eigenvalue weighted by Gasteiger charge is 2.33. The number of non-ortho nitro benzene ring substituents is 1. The lowest BCUT2D eigenvalue weighted by molar-refractivity contribution is -0.384. The Bertz CT molecular complexity index is 1110. The molecule has 0 radical (unpaired) electrons. The van der Waals surface area contributed by atoms with Crippen LogP contribution in [0.1, 0.15) is 21.3 Å². The maximum atomic E-state index is 13.0. The second-order valence-electron chi connectivity index (χ2n) is 6.06. The zero-order valence-corrected chi connectivity index (χ0v) is 14.8. The van der Waals surface area contributed by atoms with Gasteiger partial charge in [-0.15, -0.1) is 11.8 Å². The summed E-state index contributed by atoms with van der Waals surface area (Å²) in [5.41, 5.74) is 0.327. The van der Waals surface area contributed by atoms with Gasteiger partial charge in [-0.05, 0) is 17.7 Å². The number of hydrogen-bond acceptors (Lipinski definition) is 6. The van der Waals surface area contributed by atoms with Crippen molar-refractivity contribution in [2.45, 2.75) is 5.37 Å². The van der Waals surface area contributed by atoms with Gasteiger partial charge in [0.1, 0.15) is 16.5 Å². The molecule has 7 nitrogen and oxygen atoms in total. The Morgan fingerprint density at radius 1 is 1.19 bits per heavy atom. The maximum absolute atomic E-state index is 13.0. The van der Waals surface area contributed by atoms with Crippen molar-refractivity contribution in [2.75, 3.05) is 12.3 Å². The largest absolute Gasteiger partial charge is 0.422 e. The van der Waals surface area contributed by atoms with Gasteiger partial charge in [0.15, 0.2) is 0 Å². The van der Waals surface area contributed by atoms with Gasteiger partial charge < -0.3 is 9.32 Å². The van der Waals surface area contributed by atoms with Crippen LogP contribution >= 0.6 is 11.8 Å². The standard InChI is InChI=1S/C19H14N2O5S/c22-17(15-11-12-4-1-2-7-16(12)26-19(15)23)20-8-9-27-18(20)13-5-3-6-14(10-13)21(24)25/h1-7,10-11,18H,8-9H2/t18-/m1/s1. The highest BCUT2D eigenvalue weighted by Crippen LogP contribution is 2.39. The fraction of sp³-hybridized carbons (Fsp3) is 0.158. The van der Waals surface area contributed by atoms with Gasteiger partial charge in [-0.25, -0.2) is 4.79 Å². The summed E-state index contributed by atoms with van der Waals surface area (Å²) in [7, 11) is 0. The second-order valence-corrected chi connectivity index (χ2v) is 7.25. The highest BCUT2D eigenvalue weighted by atomic mass is 32.2. The van der Waals surface area contributed by atoms with E-state index in [-0.39, 0.29) is 16.6 Å². The van der Waals surface area contributed by atoms with E-state index in [1.165, 1.54) is 30.0 Å². The first kappa shape index (κ1) is 17.3. The Labute approximate surface area is 157 Å². The van der Waals surface area contributed by atoms with Crippen molar-refractivity contribution < 1.29 is 14.1 Å². The Morgan fingerprint density at radius 3 is 2.81 bits per heavy atom. The molecule has 136 valence electrons. The molecule has 1 fully saturated rings. The number of para-hydroxylation sites is 1. The molecule has 0 unspecified atom stereocenters. The first-order valence-corrected chi connectivity index (χ1v) is 9.29. The van der Waals surface area contributed by atoms with Crippen molar-refractivity contribution in [3.63, 3.8) is 0 Å². The number of fused-ring (bicyclic) bond motifs is 1. The molecule has 0 N–H and O–H groups in total. The highest BCUT2D eigenvalue weighted by molar-refractivity contribution is 7.99. The van der Waals surface area contributed by atoms with Crippen LogP contribution in [0.4, 0.5) is 5.69 Å². The number of nitrogens with zero attached hydrogens (tertiary/aromatic N) is 2. The molecule has 1 aliphatic heterocycles. The zero-order valence-electron chi connectivity index (χ0n) is 14.0. The molecule has 0 saturated carbocycles. The van der Waals surface area contributed by atoms with Gasteiger partial charge in [-0.3, -0.25) is 14.9 Å². The van der Waals surface area contributed by atoms with Crippen LogP contribution in [-0.2, 0) is 0 Å². The Hall–Kier alpha value is -3.13. The molecule has 0 bridgehead atoms. The fourth-order valence-corrected chi connectivity index (χ4v) is 4.36. The molecule has 27 heavy (non-hydrogen) atoms. The van der Waals surface area contributed by atoms with Gasteiger partial charge in [0.25, 0.3) is 11.6 Å².